The first-order valence-corrected chi connectivity index (χ1v) is 12.8. The number of para-hydroxylation sites is 2. The first-order chi connectivity index (χ1) is 17.9. The van der Waals surface area contributed by atoms with Crippen molar-refractivity contribution in [2.75, 3.05) is 47.8 Å². The molecule has 0 aliphatic carbocycles. The van der Waals surface area contributed by atoms with E-state index in [2.05, 4.69) is 28.4 Å². The molecular formula is C30H32N4O3. The van der Waals surface area contributed by atoms with Crippen LogP contribution in [0.5, 0.6) is 0 Å². The Hall–Kier alpha value is -4.13. The summed E-state index contributed by atoms with van der Waals surface area (Å²) in [5, 5.41) is 2.95. The highest BCUT2D eigenvalue weighted by atomic mass is 16.2. The number of carbonyl (C=O) groups excluding carboxylic acids is 3. The van der Waals surface area contributed by atoms with Gasteiger partial charge in [-0.1, -0.05) is 36.4 Å². The van der Waals surface area contributed by atoms with Crippen LogP contribution in [0.1, 0.15) is 27.9 Å². The smallest absolute Gasteiger partial charge is 0.256 e. The first kappa shape index (κ1) is 24.6. The van der Waals surface area contributed by atoms with Gasteiger partial charge in [-0.15, -0.1) is 0 Å². The molecule has 0 bridgehead atoms. The van der Waals surface area contributed by atoms with E-state index in [1.54, 1.807) is 23.1 Å². The van der Waals surface area contributed by atoms with Crippen LogP contribution in [0.4, 0.5) is 17.1 Å². The number of anilines is 3. The van der Waals surface area contributed by atoms with E-state index in [1.807, 2.05) is 55.1 Å². The Balaban J connectivity index is 1.24. The van der Waals surface area contributed by atoms with E-state index in [0.717, 1.165) is 35.6 Å². The highest BCUT2D eigenvalue weighted by molar-refractivity contribution is 6.07. The van der Waals surface area contributed by atoms with Crippen LogP contribution in [0.3, 0.4) is 0 Å². The number of rotatable bonds is 5. The lowest BCUT2D eigenvalue weighted by atomic mass is 10.1. The summed E-state index contributed by atoms with van der Waals surface area (Å²) in [5.41, 5.74) is 5.09. The predicted molar refractivity (Wildman–Crippen MR) is 146 cm³/mol. The van der Waals surface area contributed by atoms with Crippen molar-refractivity contribution in [1.82, 2.24) is 4.90 Å². The zero-order chi connectivity index (χ0) is 25.9. The van der Waals surface area contributed by atoms with Gasteiger partial charge in [0.05, 0.1) is 17.2 Å². The molecule has 2 saturated heterocycles. The molecule has 0 spiro atoms. The van der Waals surface area contributed by atoms with Crippen molar-refractivity contribution in [3.63, 3.8) is 0 Å². The van der Waals surface area contributed by atoms with Gasteiger partial charge in [0.1, 0.15) is 0 Å². The van der Waals surface area contributed by atoms with E-state index in [0.29, 0.717) is 30.9 Å². The topological polar surface area (TPSA) is 73.0 Å². The van der Waals surface area contributed by atoms with E-state index >= 15 is 0 Å². The summed E-state index contributed by atoms with van der Waals surface area (Å²) in [6, 6.07) is 23.3. The second-order valence-corrected chi connectivity index (χ2v) is 9.90. The zero-order valence-corrected chi connectivity index (χ0v) is 21.3. The summed E-state index contributed by atoms with van der Waals surface area (Å²) >= 11 is 0. The number of piperazine rings is 1. The second kappa shape index (κ2) is 10.5. The van der Waals surface area contributed by atoms with Gasteiger partial charge < -0.3 is 20.0 Å². The molecule has 2 aliphatic rings. The van der Waals surface area contributed by atoms with Crippen LogP contribution < -0.4 is 15.1 Å². The quantitative estimate of drug-likeness (QED) is 0.573. The molecule has 1 N–H and O–H groups in total. The Labute approximate surface area is 217 Å². The molecule has 0 saturated carbocycles. The predicted octanol–water partition coefficient (Wildman–Crippen LogP) is 4.26. The largest absolute Gasteiger partial charge is 0.368 e. The van der Waals surface area contributed by atoms with Crippen LogP contribution in [-0.2, 0) is 9.59 Å². The molecule has 37 heavy (non-hydrogen) atoms. The third-order valence-electron chi connectivity index (χ3n) is 7.12. The molecule has 7 heteroatoms. The summed E-state index contributed by atoms with van der Waals surface area (Å²) < 4.78 is 0. The Morgan fingerprint density at radius 3 is 2.16 bits per heavy atom. The summed E-state index contributed by atoms with van der Waals surface area (Å²) in [4.78, 5) is 45.2. The Kier molecular flexibility index (Phi) is 6.95. The fraction of sp³-hybridized carbons (Fsp3) is 0.300. The van der Waals surface area contributed by atoms with Gasteiger partial charge >= 0.3 is 0 Å². The van der Waals surface area contributed by atoms with E-state index in [4.69, 9.17) is 0 Å². The van der Waals surface area contributed by atoms with E-state index in [9.17, 15) is 14.4 Å². The molecule has 0 radical (unpaired) electrons. The van der Waals surface area contributed by atoms with Gasteiger partial charge in [-0.25, -0.2) is 0 Å². The third kappa shape index (κ3) is 5.35. The van der Waals surface area contributed by atoms with Crippen LogP contribution in [0.15, 0.2) is 72.8 Å². The molecule has 0 aromatic heterocycles. The summed E-state index contributed by atoms with van der Waals surface area (Å²) in [6.45, 7) is 7.04. The molecule has 2 aliphatic heterocycles. The van der Waals surface area contributed by atoms with Crippen molar-refractivity contribution in [1.29, 1.82) is 0 Å². The van der Waals surface area contributed by atoms with Crippen LogP contribution >= 0.6 is 0 Å². The van der Waals surface area contributed by atoms with Gasteiger partial charge in [0.15, 0.2) is 0 Å². The molecule has 3 aromatic rings. The van der Waals surface area contributed by atoms with Gasteiger partial charge in [-0.3, -0.25) is 14.4 Å². The molecule has 190 valence electrons. The average molecular weight is 497 g/mol. The Bertz CT molecular complexity index is 1300. The molecule has 3 aromatic carbocycles. The average Bonchev–Trinajstić information content (AvgIpc) is 3.30. The van der Waals surface area contributed by atoms with Crippen molar-refractivity contribution >= 4 is 34.8 Å². The maximum atomic E-state index is 13.4. The van der Waals surface area contributed by atoms with Crippen molar-refractivity contribution in [3.05, 3.63) is 89.5 Å². The van der Waals surface area contributed by atoms with Gasteiger partial charge in [0.25, 0.3) is 5.91 Å². The molecular weight excluding hydrogens is 464 g/mol. The molecule has 1 unspecified atom stereocenters. The van der Waals surface area contributed by atoms with Gasteiger partial charge in [-0.2, -0.15) is 0 Å². The lowest BCUT2D eigenvalue weighted by Crippen LogP contribution is -2.49. The zero-order valence-electron chi connectivity index (χ0n) is 21.3. The van der Waals surface area contributed by atoms with Crippen LogP contribution in [0.2, 0.25) is 0 Å². The van der Waals surface area contributed by atoms with E-state index in [1.165, 1.54) is 0 Å². The van der Waals surface area contributed by atoms with E-state index in [-0.39, 0.29) is 24.1 Å². The fourth-order valence-electron chi connectivity index (χ4n) is 5.23. The molecule has 7 nitrogen and oxygen atoms in total. The number of aryl methyl sites for hydroxylation is 2. The number of amides is 3. The molecule has 2 fully saturated rings. The summed E-state index contributed by atoms with van der Waals surface area (Å²) in [5.74, 6) is -0.881. The molecule has 3 amide bonds. The monoisotopic (exact) mass is 496 g/mol. The normalized spacial score (nSPS) is 17.7. The molecule has 2 heterocycles. The highest BCUT2D eigenvalue weighted by Gasteiger charge is 2.36. The SMILES string of the molecule is Cc1cc(C)cc(N2CC(C(=O)Nc3ccccc3C(=O)N3CCN(c4ccccc4)CC3)CC2=O)c1. The summed E-state index contributed by atoms with van der Waals surface area (Å²) in [6.07, 6.45) is 0.149. The van der Waals surface area contributed by atoms with Gasteiger partial charge in [0, 0.05) is 50.5 Å². The highest BCUT2D eigenvalue weighted by Crippen LogP contribution is 2.28. The van der Waals surface area contributed by atoms with Crippen LogP contribution in [0, 0.1) is 19.8 Å². The maximum Gasteiger partial charge on any atom is 0.256 e. The minimum absolute atomic E-state index is 0.0641. The fourth-order valence-corrected chi connectivity index (χ4v) is 5.23. The minimum atomic E-state index is -0.481. The van der Waals surface area contributed by atoms with Crippen molar-refractivity contribution in [2.24, 2.45) is 5.92 Å². The van der Waals surface area contributed by atoms with E-state index < -0.39 is 5.92 Å². The molecule has 5 rings (SSSR count). The van der Waals surface area contributed by atoms with Crippen LogP contribution in [0.25, 0.3) is 0 Å². The second-order valence-electron chi connectivity index (χ2n) is 9.90. The van der Waals surface area contributed by atoms with Crippen molar-refractivity contribution < 1.29 is 14.4 Å². The van der Waals surface area contributed by atoms with Gasteiger partial charge in [-0.05, 0) is 61.4 Å². The van der Waals surface area contributed by atoms with Crippen molar-refractivity contribution in [3.8, 4) is 0 Å². The standard InChI is InChI=1S/C30H32N4O3/c1-21-16-22(2)18-25(17-21)34-20-23(19-28(34)35)29(36)31-27-11-7-6-10-26(27)30(37)33-14-12-32(13-15-33)24-8-4-3-5-9-24/h3-11,16-18,23H,12-15,19-20H2,1-2H3,(H,31,36). The third-order valence-corrected chi connectivity index (χ3v) is 7.12. The molecule has 1 atom stereocenters. The number of benzene rings is 3. The lowest BCUT2D eigenvalue weighted by Gasteiger charge is -2.36. The Morgan fingerprint density at radius 2 is 1.46 bits per heavy atom. The maximum absolute atomic E-state index is 13.4. The number of hydrogen-bond donors (Lipinski definition) is 1. The number of hydrogen-bond acceptors (Lipinski definition) is 4. The van der Waals surface area contributed by atoms with Gasteiger partial charge in [0.2, 0.25) is 11.8 Å². The number of nitrogens with one attached hydrogen (secondary N) is 1. The number of carbonyl (C=O) groups is 3. The first-order valence-electron chi connectivity index (χ1n) is 12.8. The number of nitrogens with zero attached hydrogens (tertiary/aromatic N) is 3. The minimum Gasteiger partial charge on any atom is -0.368 e. The summed E-state index contributed by atoms with van der Waals surface area (Å²) in [7, 11) is 0. The van der Waals surface area contributed by atoms with Crippen LogP contribution in [-0.4, -0.2) is 55.3 Å². The Morgan fingerprint density at radius 1 is 0.811 bits per heavy atom. The lowest BCUT2D eigenvalue weighted by molar-refractivity contribution is -0.122. The van der Waals surface area contributed by atoms with Crippen molar-refractivity contribution in [2.45, 2.75) is 20.3 Å².